The van der Waals surface area contributed by atoms with Crippen molar-refractivity contribution in [3.05, 3.63) is 44.3 Å². The summed E-state index contributed by atoms with van der Waals surface area (Å²) in [7, 11) is 0. The smallest absolute Gasteiger partial charge is 0.267 e. The van der Waals surface area contributed by atoms with E-state index in [9.17, 15) is 4.79 Å². The molecule has 1 aromatic carbocycles. The summed E-state index contributed by atoms with van der Waals surface area (Å²) in [6.07, 6.45) is 0.892. The van der Waals surface area contributed by atoms with Gasteiger partial charge in [-0.05, 0) is 36.8 Å². The maximum Gasteiger partial charge on any atom is 0.267 e. The second-order valence-electron chi connectivity index (χ2n) is 4.92. The Morgan fingerprint density at radius 3 is 2.95 bits per heavy atom. The van der Waals surface area contributed by atoms with Gasteiger partial charge in [-0.25, -0.2) is 0 Å². The van der Waals surface area contributed by atoms with Gasteiger partial charge < -0.3 is 14.5 Å². The lowest BCUT2D eigenvalue weighted by atomic mass is 10.2. The molecule has 3 heterocycles. The highest BCUT2D eigenvalue weighted by Gasteiger charge is 2.16. The molecule has 1 aliphatic heterocycles. The largest absolute Gasteiger partial charge is 0.454 e. The molecule has 112 valence electrons. The number of H-pyrrole nitrogens is 1. The zero-order valence-electron chi connectivity index (χ0n) is 11.7. The Morgan fingerprint density at radius 1 is 1.32 bits per heavy atom. The molecule has 1 aliphatic rings. The number of nitrogens with one attached hydrogen (secondary N) is 1. The summed E-state index contributed by atoms with van der Waals surface area (Å²) >= 11 is 6.93. The van der Waals surface area contributed by atoms with Gasteiger partial charge in [0.25, 0.3) is 5.56 Å². The lowest BCUT2D eigenvalue weighted by Gasteiger charge is -2.07. The van der Waals surface area contributed by atoms with E-state index in [0.29, 0.717) is 27.3 Å². The molecule has 0 spiro atoms. The van der Waals surface area contributed by atoms with E-state index in [1.54, 1.807) is 29.5 Å². The van der Waals surface area contributed by atoms with Crippen LogP contribution in [0.25, 0.3) is 15.9 Å². The standard InChI is InChI=1S/C15H12N2O3S2/c1-2-9-6-10-13(22-9)16-15(21)17(14(10)18)8-3-4-11-12(5-8)20-7-19-11/h3-6H,2,7H2,1H3,(H,16,21). The molecule has 7 heteroatoms. The first kappa shape index (κ1) is 13.5. The number of aromatic amines is 1. The van der Waals surface area contributed by atoms with Crippen LogP contribution in [0, 0.1) is 4.77 Å². The number of rotatable bonds is 2. The Balaban J connectivity index is 1.98. The molecule has 3 aromatic rings. The molecule has 0 bridgehead atoms. The van der Waals surface area contributed by atoms with E-state index < -0.39 is 0 Å². The first-order valence-electron chi connectivity index (χ1n) is 6.85. The van der Waals surface area contributed by atoms with E-state index in [2.05, 4.69) is 11.9 Å². The van der Waals surface area contributed by atoms with Gasteiger partial charge in [0, 0.05) is 10.9 Å². The fourth-order valence-electron chi connectivity index (χ4n) is 2.49. The molecule has 2 aromatic heterocycles. The monoisotopic (exact) mass is 332 g/mol. The zero-order chi connectivity index (χ0) is 15.3. The van der Waals surface area contributed by atoms with Crippen molar-refractivity contribution >= 4 is 33.8 Å². The van der Waals surface area contributed by atoms with Crippen molar-refractivity contribution < 1.29 is 9.47 Å². The van der Waals surface area contributed by atoms with Gasteiger partial charge in [-0.2, -0.15) is 0 Å². The van der Waals surface area contributed by atoms with Gasteiger partial charge in [0.15, 0.2) is 16.3 Å². The van der Waals surface area contributed by atoms with Crippen LogP contribution in [-0.4, -0.2) is 16.3 Å². The molecule has 1 N–H and O–H groups in total. The van der Waals surface area contributed by atoms with Crippen LogP contribution in [0.2, 0.25) is 0 Å². The molecule has 0 radical (unpaired) electrons. The zero-order valence-corrected chi connectivity index (χ0v) is 13.3. The summed E-state index contributed by atoms with van der Waals surface area (Å²) < 4.78 is 12.5. The number of fused-ring (bicyclic) bond motifs is 2. The molecule has 4 rings (SSSR count). The number of thiophene rings is 1. The maximum atomic E-state index is 12.8. The lowest BCUT2D eigenvalue weighted by molar-refractivity contribution is 0.174. The number of hydrogen-bond acceptors (Lipinski definition) is 5. The number of ether oxygens (including phenoxy) is 2. The van der Waals surface area contributed by atoms with Crippen molar-refractivity contribution in [2.75, 3.05) is 6.79 Å². The van der Waals surface area contributed by atoms with Gasteiger partial charge in [0.05, 0.1) is 11.1 Å². The van der Waals surface area contributed by atoms with Gasteiger partial charge >= 0.3 is 0 Å². The maximum absolute atomic E-state index is 12.8. The Morgan fingerprint density at radius 2 is 2.14 bits per heavy atom. The molecular formula is C15H12N2O3S2. The highest BCUT2D eigenvalue weighted by molar-refractivity contribution is 7.71. The third kappa shape index (κ3) is 1.97. The Kier molecular flexibility index (Phi) is 3.05. The first-order valence-corrected chi connectivity index (χ1v) is 8.07. The fourth-order valence-corrected chi connectivity index (χ4v) is 3.83. The molecular weight excluding hydrogens is 320 g/mol. The van der Waals surface area contributed by atoms with Gasteiger partial charge in [0.2, 0.25) is 6.79 Å². The average molecular weight is 332 g/mol. The summed E-state index contributed by atoms with van der Waals surface area (Å²) in [5.74, 6) is 1.30. The molecule has 0 unspecified atom stereocenters. The number of nitrogens with zero attached hydrogens (tertiary/aromatic N) is 1. The van der Waals surface area contributed by atoms with Crippen molar-refractivity contribution in [2.24, 2.45) is 0 Å². The quantitative estimate of drug-likeness (QED) is 0.731. The Labute approximate surface area is 134 Å². The Bertz CT molecular complexity index is 1000. The fraction of sp³-hybridized carbons (Fsp3) is 0.200. The number of aryl methyl sites for hydroxylation is 1. The molecule has 5 nitrogen and oxygen atoms in total. The van der Waals surface area contributed by atoms with Crippen LogP contribution in [0.1, 0.15) is 11.8 Å². The second-order valence-corrected chi connectivity index (χ2v) is 6.44. The van der Waals surface area contributed by atoms with Crippen molar-refractivity contribution in [1.29, 1.82) is 0 Å². The summed E-state index contributed by atoms with van der Waals surface area (Å²) in [6.45, 7) is 2.26. The highest BCUT2D eigenvalue weighted by Crippen LogP contribution is 2.33. The van der Waals surface area contributed by atoms with Crippen LogP contribution in [-0.2, 0) is 6.42 Å². The van der Waals surface area contributed by atoms with Gasteiger partial charge in [-0.3, -0.25) is 9.36 Å². The SMILES string of the molecule is CCc1cc2c(=O)n(-c3ccc4c(c3)OCO4)c(=S)[nH]c2s1. The highest BCUT2D eigenvalue weighted by atomic mass is 32.1. The molecule has 0 fully saturated rings. The van der Waals surface area contributed by atoms with E-state index >= 15 is 0 Å². The van der Waals surface area contributed by atoms with E-state index in [4.69, 9.17) is 21.7 Å². The van der Waals surface area contributed by atoms with Crippen LogP contribution < -0.4 is 15.0 Å². The second kappa shape index (κ2) is 4.96. The molecule has 22 heavy (non-hydrogen) atoms. The minimum atomic E-state index is -0.117. The van der Waals surface area contributed by atoms with Crippen molar-refractivity contribution in [3.63, 3.8) is 0 Å². The molecule has 0 saturated carbocycles. The van der Waals surface area contributed by atoms with E-state index in [-0.39, 0.29) is 12.4 Å². The van der Waals surface area contributed by atoms with Crippen LogP contribution in [0.4, 0.5) is 0 Å². The van der Waals surface area contributed by atoms with Gasteiger partial charge in [-0.1, -0.05) is 6.92 Å². The van der Waals surface area contributed by atoms with Crippen LogP contribution >= 0.6 is 23.6 Å². The van der Waals surface area contributed by atoms with Crippen LogP contribution in [0.3, 0.4) is 0 Å². The number of aromatic nitrogens is 2. The summed E-state index contributed by atoms with van der Waals surface area (Å²) in [6, 6.07) is 7.29. The minimum absolute atomic E-state index is 0.117. The molecule has 0 saturated heterocycles. The van der Waals surface area contributed by atoms with Crippen molar-refractivity contribution in [3.8, 4) is 17.2 Å². The van der Waals surface area contributed by atoms with E-state index in [0.717, 1.165) is 16.1 Å². The summed E-state index contributed by atoms with van der Waals surface area (Å²) in [4.78, 5) is 17.9. The van der Waals surface area contributed by atoms with Crippen LogP contribution in [0.15, 0.2) is 29.1 Å². The van der Waals surface area contributed by atoms with Gasteiger partial charge in [-0.15, -0.1) is 11.3 Å². The topological polar surface area (TPSA) is 56.2 Å². The predicted molar refractivity (Wildman–Crippen MR) is 88.1 cm³/mol. The summed E-state index contributed by atoms with van der Waals surface area (Å²) in [5.41, 5.74) is 0.551. The van der Waals surface area contributed by atoms with Crippen molar-refractivity contribution in [2.45, 2.75) is 13.3 Å². The molecule has 0 amide bonds. The minimum Gasteiger partial charge on any atom is -0.454 e. The number of hydrogen-bond donors (Lipinski definition) is 1. The van der Waals surface area contributed by atoms with Crippen LogP contribution in [0.5, 0.6) is 11.5 Å². The third-order valence-electron chi connectivity index (χ3n) is 3.60. The average Bonchev–Trinajstić information content (AvgIpc) is 3.12. The Hall–Kier alpha value is -2.12. The van der Waals surface area contributed by atoms with Crippen molar-refractivity contribution in [1.82, 2.24) is 9.55 Å². The molecule has 0 atom stereocenters. The number of benzene rings is 1. The van der Waals surface area contributed by atoms with Gasteiger partial charge in [0.1, 0.15) is 4.83 Å². The normalized spacial score (nSPS) is 13.0. The summed E-state index contributed by atoms with van der Waals surface area (Å²) in [5, 5.41) is 0.660. The molecule has 0 aliphatic carbocycles. The van der Waals surface area contributed by atoms with E-state index in [1.807, 2.05) is 6.07 Å². The lowest BCUT2D eigenvalue weighted by Crippen LogP contribution is -2.19. The third-order valence-corrected chi connectivity index (χ3v) is 5.08. The predicted octanol–water partition coefficient (Wildman–Crippen LogP) is 3.40. The first-order chi connectivity index (χ1) is 10.7. The van der Waals surface area contributed by atoms with E-state index in [1.165, 1.54) is 4.57 Å².